The molecule has 0 spiro atoms. The molecule has 1 aromatic heterocycles. The van der Waals surface area contributed by atoms with Crippen molar-refractivity contribution in [3.05, 3.63) is 168 Å². The van der Waals surface area contributed by atoms with Gasteiger partial charge in [0.05, 0.1) is 21.0 Å². The fourth-order valence-corrected chi connectivity index (χ4v) is 7.96. The third-order valence-electron chi connectivity index (χ3n) is 6.69. The van der Waals surface area contributed by atoms with Crippen molar-refractivity contribution in [2.45, 2.75) is 31.0 Å². The Kier molecular flexibility index (Phi) is 8.98. The van der Waals surface area contributed by atoms with Crippen LogP contribution in [0.2, 0.25) is 5.04 Å². The molecule has 0 N–H and O–H groups in total. The van der Waals surface area contributed by atoms with E-state index < -0.39 is 9.52 Å². The summed E-state index contributed by atoms with van der Waals surface area (Å²) in [6.07, 6.45) is 5.97. The van der Waals surface area contributed by atoms with Gasteiger partial charge >= 0.3 is 0 Å². The van der Waals surface area contributed by atoms with Crippen molar-refractivity contribution in [1.29, 1.82) is 0 Å². The van der Waals surface area contributed by atoms with Crippen LogP contribution in [0, 0.1) is 0 Å². The molecular weight excluding hydrogens is 475 g/mol. The van der Waals surface area contributed by atoms with Crippen LogP contribution in [0.25, 0.3) is 5.57 Å². The maximum absolute atomic E-state index is 4.35. The lowest BCUT2D eigenvalue weighted by molar-refractivity contribution is 0.564. The molecule has 0 aliphatic carbocycles. The molecule has 0 atom stereocenters. The van der Waals surface area contributed by atoms with E-state index in [-0.39, 0.29) is 5.16 Å². The van der Waals surface area contributed by atoms with Gasteiger partial charge in [-0.05, 0) is 32.9 Å². The Balaban J connectivity index is 0.000000194. The average Bonchev–Trinajstić information content (AvgIpc) is 3.50. The van der Waals surface area contributed by atoms with Crippen LogP contribution < -0.4 is 0 Å². The Morgan fingerprint density at radius 3 is 1.45 bits per heavy atom. The number of hydrogen-bond donors (Lipinski definition) is 0. The lowest BCUT2D eigenvalue weighted by atomic mass is 9.92. The van der Waals surface area contributed by atoms with Crippen LogP contribution in [0.4, 0.5) is 0 Å². The summed E-state index contributed by atoms with van der Waals surface area (Å²) in [7, 11) is 1.49. The Hall–Kier alpha value is -3.89. The summed E-state index contributed by atoms with van der Waals surface area (Å²) in [5.74, 6) is 2.16. The van der Waals surface area contributed by atoms with Crippen LogP contribution in [0.3, 0.4) is 0 Å². The lowest BCUT2D eigenvalue weighted by Gasteiger charge is -2.41. The zero-order valence-electron chi connectivity index (χ0n) is 23.0. The molecule has 38 heavy (non-hydrogen) atoms. The van der Waals surface area contributed by atoms with E-state index >= 15 is 0 Å². The highest BCUT2D eigenvalue weighted by molar-refractivity contribution is 6.45. The molecule has 190 valence electrons. The predicted molar refractivity (Wildman–Crippen MR) is 168 cm³/mol. The standard InChI is InChI=1S/C20H24N2Si.C14H13B/c1-19(2,3)23-20(22-15-14-21-16-22,17-10-6-4-7-11-17)18-12-8-5-9-13-18;15-11-14(12-7-3-1-4-8-12)13-9-5-2-6-10-13/h4-16H,23H2,1-3H3;1-11H,15H2. The molecular formula is C34H37BN2Si. The smallest absolute Gasteiger partial charge is 0.130 e. The highest BCUT2D eigenvalue weighted by atomic mass is 28.2. The second kappa shape index (κ2) is 12.6. The first-order valence-corrected chi connectivity index (χ1v) is 14.7. The first-order valence-electron chi connectivity index (χ1n) is 13.3. The molecule has 1 heterocycles. The fraction of sp³-hybridized carbons (Fsp3) is 0.147. The fourth-order valence-electron chi connectivity index (χ4n) is 5.18. The average molecular weight is 513 g/mol. The van der Waals surface area contributed by atoms with E-state index in [1.54, 1.807) is 0 Å². The van der Waals surface area contributed by atoms with E-state index in [2.05, 4.69) is 160 Å². The van der Waals surface area contributed by atoms with Gasteiger partial charge in [-0.15, -0.1) is 5.98 Å². The van der Waals surface area contributed by atoms with E-state index in [9.17, 15) is 0 Å². The van der Waals surface area contributed by atoms with Gasteiger partial charge in [-0.2, -0.15) is 0 Å². The van der Waals surface area contributed by atoms with Crippen LogP contribution in [0.15, 0.2) is 146 Å². The summed E-state index contributed by atoms with van der Waals surface area (Å²) in [6, 6.07) is 42.7. The second-order valence-electron chi connectivity index (χ2n) is 10.7. The molecule has 0 saturated heterocycles. The molecule has 5 aromatic rings. The normalized spacial score (nSPS) is 11.6. The summed E-state index contributed by atoms with van der Waals surface area (Å²) in [4.78, 5) is 4.35. The minimum absolute atomic E-state index is 0.114. The van der Waals surface area contributed by atoms with Crippen molar-refractivity contribution in [3.8, 4) is 0 Å². The van der Waals surface area contributed by atoms with Gasteiger partial charge in [0.1, 0.15) is 7.85 Å². The first kappa shape index (κ1) is 27.2. The summed E-state index contributed by atoms with van der Waals surface area (Å²) in [5, 5.41) is 0.188. The maximum Gasteiger partial charge on any atom is 0.130 e. The largest absolute Gasteiger partial charge is 0.327 e. The molecule has 0 fully saturated rings. The molecule has 0 radical (unpaired) electrons. The summed E-state index contributed by atoms with van der Waals surface area (Å²) in [6.45, 7) is 7.07. The summed E-state index contributed by atoms with van der Waals surface area (Å²) >= 11 is 0. The van der Waals surface area contributed by atoms with Gasteiger partial charge < -0.3 is 4.57 Å². The van der Waals surface area contributed by atoms with Crippen LogP contribution in [0.5, 0.6) is 0 Å². The van der Waals surface area contributed by atoms with Crippen molar-refractivity contribution < 1.29 is 0 Å². The monoisotopic (exact) mass is 512 g/mol. The summed E-state index contributed by atoms with van der Waals surface area (Å²) in [5.41, 5.74) is 6.53. The highest BCUT2D eigenvalue weighted by Gasteiger charge is 2.39. The number of nitrogens with zero attached hydrogens (tertiary/aromatic N) is 2. The molecule has 0 saturated carbocycles. The van der Waals surface area contributed by atoms with Gasteiger partial charge in [-0.3, -0.25) is 0 Å². The maximum atomic E-state index is 4.35. The van der Waals surface area contributed by atoms with E-state index in [1.807, 2.05) is 24.7 Å². The molecule has 0 aliphatic heterocycles. The molecule has 0 unspecified atom stereocenters. The molecule has 0 bridgehead atoms. The number of hydrogen-bond acceptors (Lipinski definition) is 1. The van der Waals surface area contributed by atoms with Gasteiger partial charge in [0.15, 0.2) is 0 Å². The topological polar surface area (TPSA) is 17.8 Å². The molecule has 2 nitrogen and oxygen atoms in total. The number of rotatable bonds is 6. The third kappa shape index (κ3) is 6.51. The second-order valence-corrected chi connectivity index (χ2v) is 14.2. The highest BCUT2D eigenvalue weighted by Crippen LogP contribution is 2.39. The van der Waals surface area contributed by atoms with Crippen molar-refractivity contribution in [2.75, 3.05) is 0 Å². The Morgan fingerprint density at radius 2 is 1.11 bits per heavy atom. The molecule has 4 aromatic carbocycles. The minimum atomic E-state index is -0.586. The van der Waals surface area contributed by atoms with E-state index in [4.69, 9.17) is 0 Å². The van der Waals surface area contributed by atoms with Gasteiger partial charge in [0.2, 0.25) is 0 Å². The van der Waals surface area contributed by atoms with Gasteiger partial charge in [-0.1, -0.05) is 142 Å². The first-order chi connectivity index (χ1) is 18.4. The molecule has 0 amide bonds. The summed E-state index contributed by atoms with van der Waals surface area (Å²) < 4.78 is 2.31. The van der Waals surface area contributed by atoms with E-state index in [1.165, 1.54) is 27.8 Å². The Labute approximate surface area is 231 Å². The van der Waals surface area contributed by atoms with Crippen LogP contribution >= 0.6 is 0 Å². The number of imidazole rings is 1. The van der Waals surface area contributed by atoms with Gasteiger partial charge in [-0.25, -0.2) is 4.98 Å². The number of benzene rings is 4. The van der Waals surface area contributed by atoms with Gasteiger partial charge in [0.25, 0.3) is 0 Å². The quantitative estimate of drug-likeness (QED) is 0.231. The Bertz CT molecular complexity index is 1310. The van der Waals surface area contributed by atoms with E-state index in [0.717, 1.165) is 0 Å². The lowest BCUT2D eigenvalue weighted by Crippen LogP contribution is -2.45. The van der Waals surface area contributed by atoms with Crippen molar-refractivity contribution in [2.24, 2.45) is 0 Å². The van der Waals surface area contributed by atoms with Crippen LogP contribution in [-0.2, 0) is 5.16 Å². The Morgan fingerprint density at radius 1 is 0.684 bits per heavy atom. The van der Waals surface area contributed by atoms with Crippen molar-refractivity contribution in [1.82, 2.24) is 9.55 Å². The van der Waals surface area contributed by atoms with E-state index in [0.29, 0.717) is 5.04 Å². The van der Waals surface area contributed by atoms with Crippen molar-refractivity contribution >= 4 is 22.9 Å². The zero-order valence-corrected chi connectivity index (χ0v) is 24.4. The van der Waals surface area contributed by atoms with Crippen LogP contribution in [-0.4, -0.2) is 26.9 Å². The van der Waals surface area contributed by atoms with Crippen LogP contribution in [0.1, 0.15) is 43.0 Å². The van der Waals surface area contributed by atoms with Crippen molar-refractivity contribution in [3.63, 3.8) is 0 Å². The van der Waals surface area contributed by atoms with Gasteiger partial charge in [0, 0.05) is 12.4 Å². The molecule has 4 heteroatoms. The predicted octanol–water partition coefficient (Wildman–Crippen LogP) is 6.73. The third-order valence-corrected chi connectivity index (χ3v) is 9.45. The molecule has 0 aliphatic rings. The SMILES string of the molecule is BC=C(c1ccccc1)c1ccccc1.CC(C)(C)[SiH2]C(c1ccccc1)(c1ccccc1)n1ccnc1. The number of aromatic nitrogens is 2. The zero-order chi connectivity index (χ0) is 26.8. The molecule has 5 rings (SSSR count). The minimum Gasteiger partial charge on any atom is -0.327 e.